The summed E-state index contributed by atoms with van der Waals surface area (Å²) >= 11 is 0. The maximum Gasteiger partial charge on any atom is 0.270 e. The molecule has 4 rings (SSSR count). The number of nitrogens with zero attached hydrogens (tertiary/aromatic N) is 2. The first-order valence-corrected chi connectivity index (χ1v) is 10.3. The maximum atomic E-state index is 11.7. The zero-order valence-electron chi connectivity index (χ0n) is 17.1. The molecule has 2 N–H and O–H groups in total. The van der Waals surface area contributed by atoms with Crippen molar-refractivity contribution < 1.29 is 10.0 Å². The first-order valence-electron chi connectivity index (χ1n) is 10.3. The van der Waals surface area contributed by atoms with Crippen LogP contribution in [0.5, 0.6) is 0 Å². The molecule has 1 saturated heterocycles. The number of benzene rings is 2. The average molecular weight is 392 g/mol. The molecule has 5 nitrogen and oxygen atoms in total. The molecule has 29 heavy (non-hydrogen) atoms. The van der Waals surface area contributed by atoms with Crippen LogP contribution in [-0.4, -0.2) is 46.1 Å². The van der Waals surface area contributed by atoms with E-state index in [1.807, 2.05) is 6.08 Å². The van der Waals surface area contributed by atoms with Gasteiger partial charge in [-0.05, 0) is 42.2 Å². The second kappa shape index (κ2) is 8.49. The quantitative estimate of drug-likeness (QED) is 0.607. The third-order valence-corrected chi connectivity index (χ3v) is 6.10. The fraction of sp³-hybridized carbons (Fsp3) is 0.375. The van der Waals surface area contributed by atoms with Gasteiger partial charge in [-0.1, -0.05) is 48.5 Å². The third-order valence-electron chi connectivity index (χ3n) is 6.10. The van der Waals surface area contributed by atoms with Crippen molar-refractivity contribution in [2.24, 2.45) is 0 Å². The summed E-state index contributed by atoms with van der Waals surface area (Å²) in [6.45, 7) is 8.64. The molecular weight excluding hydrogens is 362 g/mol. The molecule has 0 radical (unpaired) electrons. The molecule has 0 bridgehead atoms. The molecule has 1 fully saturated rings. The van der Waals surface area contributed by atoms with E-state index in [0.29, 0.717) is 24.1 Å². The van der Waals surface area contributed by atoms with Crippen LogP contribution >= 0.6 is 0 Å². The van der Waals surface area contributed by atoms with Crippen LogP contribution in [0.4, 0.5) is 0 Å². The van der Waals surface area contributed by atoms with E-state index in [-0.39, 0.29) is 0 Å². The highest BCUT2D eigenvalue weighted by molar-refractivity contribution is 5.99. The van der Waals surface area contributed by atoms with Crippen LogP contribution in [-0.2, 0) is 24.3 Å². The Balaban J connectivity index is 1.38. The molecule has 2 aromatic rings. The van der Waals surface area contributed by atoms with Gasteiger partial charge in [-0.15, -0.1) is 0 Å². The summed E-state index contributed by atoms with van der Waals surface area (Å²) in [7, 11) is 0. The van der Waals surface area contributed by atoms with E-state index in [1.165, 1.54) is 11.1 Å². The number of fused-ring (bicyclic) bond motifs is 1. The summed E-state index contributed by atoms with van der Waals surface area (Å²) in [5.74, 6) is -0.417. The van der Waals surface area contributed by atoms with Crippen LogP contribution in [0, 0.1) is 0 Å². The van der Waals surface area contributed by atoms with Crippen molar-refractivity contribution in [3.8, 4) is 0 Å². The summed E-state index contributed by atoms with van der Waals surface area (Å²) in [5, 5.41) is 8.86. The van der Waals surface area contributed by atoms with Gasteiger partial charge >= 0.3 is 0 Å². The molecule has 0 spiro atoms. The Kier molecular flexibility index (Phi) is 5.81. The first-order chi connectivity index (χ1) is 14.0. The number of amides is 1. The monoisotopic (exact) mass is 391 g/mol. The van der Waals surface area contributed by atoms with Gasteiger partial charge in [-0.3, -0.25) is 19.8 Å². The van der Waals surface area contributed by atoms with Crippen molar-refractivity contribution in [2.75, 3.05) is 13.1 Å². The molecule has 1 heterocycles. The normalized spacial score (nSPS) is 22.2. The number of hydrogen-bond donors (Lipinski definition) is 2. The van der Waals surface area contributed by atoms with Crippen molar-refractivity contribution in [3.63, 3.8) is 0 Å². The molecule has 0 aromatic heterocycles. The lowest BCUT2D eigenvalue weighted by atomic mass is 10.0. The van der Waals surface area contributed by atoms with E-state index in [4.69, 9.17) is 5.21 Å². The van der Waals surface area contributed by atoms with Gasteiger partial charge < -0.3 is 0 Å². The number of rotatable bonds is 5. The fourth-order valence-electron chi connectivity index (χ4n) is 4.67. The van der Waals surface area contributed by atoms with Crippen molar-refractivity contribution in [3.05, 3.63) is 76.4 Å². The van der Waals surface area contributed by atoms with Crippen LogP contribution in [0.15, 0.2) is 54.1 Å². The third kappa shape index (κ3) is 4.42. The highest BCUT2D eigenvalue weighted by Crippen LogP contribution is 2.27. The minimum Gasteiger partial charge on any atom is -0.296 e. The Morgan fingerprint density at radius 1 is 1.03 bits per heavy atom. The minimum atomic E-state index is -0.417. The van der Waals surface area contributed by atoms with Crippen molar-refractivity contribution >= 4 is 12.0 Å². The van der Waals surface area contributed by atoms with Gasteiger partial charge in [0.05, 0.1) is 0 Å². The molecule has 1 aliphatic heterocycles. The lowest BCUT2D eigenvalue weighted by molar-refractivity contribution is -0.125. The van der Waals surface area contributed by atoms with E-state index in [2.05, 4.69) is 72.2 Å². The topological polar surface area (TPSA) is 55.8 Å². The maximum absolute atomic E-state index is 11.7. The molecule has 2 atom stereocenters. The van der Waals surface area contributed by atoms with Crippen LogP contribution in [0.25, 0.3) is 6.08 Å². The van der Waals surface area contributed by atoms with E-state index in [9.17, 15) is 4.79 Å². The number of piperazine rings is 1. The molecule has 5 heteroatoms. The minimum absolute atomic E-state index is 0.417. The van der Waals surface area contributed by atoms with Crippen LogP contribution < -0.4 is 5.48 Å². The predicted octanol–water partition coefficient (Wildman–Crippen LogP) is 3.23. The Morgan fingerprint density at radius 2 is 1.76 bits per heavy atom. The molecule has 152 valence electrons. The highest BCUT2D eigenvalue weighted by atomic mass is 16.5. The standard InChI is InChI=1S/C24H29N3O2/c1-17-13-26(14-18(2)27(17)16-19-6-4-3-5-7-19)15-20-8-9-21-11-23(24(28)25-29)12-22(21)10-20/h3-11,17-18,29H,12-16H2,1-2H3,(H,25,28)/t17-,18+. The van der Waals surface area contributed by atoms with E-state index in [1.54, 1.807) is 5.48 Å². The smallest absolute Gasteiger partial charge is 0.270 e. The van der Waals surface area contributed by atoms with E-state index in [0.717, 1.165) is 37.3 Å². The molecule has 0 unspecified atom stereocenters. The van der Waals surface area contributed by atoms with Crippen LogP contribution in [0.2, 0.25) is 0 Å². The van der Waals surface area contributed by atoms with Crippen molar-refractivity contribution in [1.29, 1.82) is 0 Å². The van der Waals surface area contributed by atoms with Gasteiger partial charge in [-0.2, -0.15) is 0 Å². The number of hydroxylamine groups is 1. The zero-order chi connectivity index (χ0) is 20.4. The molecule has 2 aliphatic rings. The van der Waals surface area contributed by atoms with Crippen LogP contribution in [0.3, 0.4) is 0 Å². The summed E-state index contributed by atoms with van der Waals surface area (Å²) in [6.07, 6.45) is 2.43. The van der Waals surface area contributed by atoms with Gasteiger partial charge in [-0.25, -0.2) is 5.48 Å². The van der Waals surface area contributed by atoms with E-state index < -0.39 is 5.91 Å². The Morgan fingerprint density at radius 3 is 2.45 bits per heavy atom. The number of hydrogen-bond acceptors (Lipinski definition) is 4. The fourth-order valence-corrected chi connectivity index (χ4v) is 4.67. The van der Waals surface area contributed by atoms with E-state index >= 15 is 0 Å². The van der Waals surface area contributed by atoms with Gasteiger partial charge in [0.2, 0.25) is 0 Å². The van der Waals surface area contributed by atoms with Crippen molar-refractivity contribution in [1.82, 2.24) is 15.3 Å². The molecule has 0 saturated carbocycles. The lowest BCUT2D eigenvalue weighted by Gasteiger charge is -2.44. The molecule has 1 aliphatic carbocycles. The Hall–Kier alpha value is -2.47. The molecular formula is C24H29N3O2. The number of carbonyl (C=O) groups excluding carboxylic acids is 1. The summed E-state index contributed by atoms with van der Waals surface area (Å²) in [6, 6.07) is 18.1. The number of carbonyl (C=O) groups is 1. The van der Waals surface area contributed by atoms with Gasteiger partial charge in [0, 0.05) is 50.3 Å². The first kappa shape index (κ1) is 19.8. The molecule has 2 aromatic carbocycles. The Labute approximate surface area is 172 Å². The Bertz CT molecular complexity index is 898. The van der Waals surface area contributed by atoms with Gasteiger partial charge in [0.15, 0.2) is 0 Å². The summed E-state index contributed by atoms with van der Waals surface area (Å²) < 4.78 is 0. The zero-order valence-corrected chi connectivity index (χ0v) is 17.1. The lowest BCUT2D eigenvalue weighted by Crippen LogP contribution is -2.55. The largest absolute Gasteiger partial charge is 0.296 e. The van der Waals surface area contributed by atoms with Gasteiger partial charge in [0.25, 0.3) is 5.91 Å². The predicted molar refractivity (Wildman–Crippen MR) is 114 cm³/mol. The SMILES string of the molecule is C[C@@H]1CN(Cc2ccc3c(c2)CC(C(=O)NO)=C3)C[C@H](C)N1Cc1ccccc1. The second-order valence-corrected chi connectivity index (χ2v) is 8.37. The molecule has 1 amide bonds. The summed E-state index contributed by atoms with van der Waals surface area (Å²) in [5.41, 5.74) is 7.21. The van der Waals surface area contributed by atoms with Crippen molar-refractivity contribution in [2.45, 2.75) is 45.4 Å². The van der Waals surface area contributed by atoms with Gasteiger partial charge in [0.1, 0.15) is 0 Å². The number of nitrogens with one attached hydrogen (secondary N) is 1. The summed E-state index contributed by atoms with van der Waals surface area (Å²) in [4.78, 5) is 16.8. The highest BCUT2D eigenvalue weighted by Gasteiger charge is 2.29. The average Bonchev–Trinajstić information content (AvgIpc) is 3.14. The van der Waals surface area contributed by atoms with Crippen LogP contribution in [0.1, 0.15) is 36.1 Å². The second-order valence-electron chi connectivity index (χ2n) is 8.37.